The van der Waals surface area contributed by atoms with Gasteiger partial charge >= 0.3 is 0 Å². The van der Waals surface area contributed by atoms with E-state index in [2.05, 4.69) is 23.7 Å². The third-order valence-corrected chi connectivity index (χ3v) is 2.68. The summed E-state index contributed by atoms with van der Waals surface area (Å²) in [4.78, 5) is 0. The van der Waals surface area contributed by atoms with E-state index >= 15 is 0 Å². The van der Waals surface area contributed by atoms with Crippen molar-refractivity contribution < 1.29 is 9.47 Å². The van der Waals surface area contributed by atoms with Gasteiger partial charge in [-0.2, -0.15) is 0 Å². The molecule has 0 saturated carbocycles. The van der Waals surface area contributed by atoms with E-state index in [-0.39, 0.29) is 0 Å². The smallest absolute Gasteiger partial charge is 0.118 e. The van der Waals surface area contributed by atoms with Crippen molar-refractivity contribution >= 4 is 0 Å². The quantitative estimate of drug-likeness (QED) is 0.633. The number of hydrogen-bond acceptors (Lipinski definition) is 2. The molecular weight excluding hydrogens is 260 g/mol. The van der Waals surface area contributed by atoms with Crippen molar-refractivity contribution in [3.05, 3.63) is 65.7 Å². The van der Waals surface area contributed by atoms with Gasteiger partial charge in [0.05, 0.1) is 7.11 Å². The molecule has 2 aromatic rings. The van der Waals surface area contributed by atoms with E-state index in [1.165, 1.54) is 0 Å². The highest BCUT2D eigenvalue weighted by molar-refractivity contribution is 5.38. The molecule has 0 spiro atoms. The molecule has 2 aromatic carbocycles. The molecule has 21 heavy (non-hydrogen) atoms. The summed E-state index contributed by atoms with van der Waals surface area (Å²) in [7, 11) is 1.64. The van der Waals surface area contributed by atoms with E-state index in [9.17, 15) is 0 Å². The minimum absolute atomic E-state index is 0.371. The standard InChI is InChI=1S/C19H16O2/c1-20-19-13-11-18(12-14-19)10-6-16-21-15-5-9-17-7-3-2-4-8-17/h2-4,7-8,11-14H,15-16H2,1H3. The van der Waals surface area contributed by atoms with Gasteiger partial charge in [0.1, 0.15) is 19.0 Å². The molecule has 0 unspecified atom stereocenters. The zero-order chi connectivity index (χ0) is 14.8. The Morgan fingerprint density at radius 2 is 1.33 bits per heavy atom. The SMILES string of the molecule is COc1ccc(C#CCOCC#Cc2ccccc2)cc1. The van der Waals surface area contributed by atoms with Crippen molar-refractivity contribution in [2.45, 2.75) is 0 Å². The van der Waals surface area contributed by atoms with Crippen molar-refractivity contribution in [1.82, 2.24) is 0 Å². The molecule has 0 amide bonds. The summed E-state index contributed by atoms with van der Waals surface area (Å²) >= 11 is 0. The lowest BCUT2D eigenvalue weighted by Gasteiger charge is -1.97. The van der Waals surface area contributed by atoms with Crippen molar-refractivity contribution in [2.24, 2.45) is 0 Å². The largest absolute Gasteiger partial charge is 0.497 e. The Labute approximate surface area is 125 Å². The van der Waals surface area contributed by atoms with Crippen LogP contribution in [0.2, 0.25) is 0 Å². The van der Waals surface area contributed by atoms with Crippen LogP contribution < -0.4 is 4.74 Å². The summed E-state index contributed by atoms with van der Waals surface area (Å²) in [6, 6.07) is 17.4. The van der Waals surface area contributed by atoms with E-state index in [0.717, 1.165) is 16.9 Å². The van der Waals surface area contributed by atoms with Gasteiger partial charge in [0.2, 0.25) is 0 Å². The average Bonchev–Trinajstić information content (AvgIpc) is 2.55. The summed E-state index contributed by atoms with van der Waals surface area (Å²) < 4.78 is 10.4. The first-order chi connectivity index (χ1) is 10.4. The lowest BCUT2D eigenvalue weighted by atomic mass is 10.2. The maximum Gasteiger partial charge on any atom is 0.118 e. The predicted molar refractivity (Wildman–Crippen MR) is 84.0 cm³/mol. The highest BCUT2D eigenvalue weighted by Crippen LogP contribution is 2.09. The van der Waals surface area contributed by atoms with Crippen molar-refractivity contribution in [3.63, 3.8) is 0 Å². The lowest BCUT2D eigenvalue weighted by molar-refractivity contribution is 0.204. The van der Waals surface area contributed by atoms with Gasteiger partial charge in [0, 0.05) is 11.1 Å². The number of rotatable bonds is 3. The first-order valence-electron chi connectivity index (χ1n) is 6.63. The third kappa shape index (κ3) is 5.45. The molecule has 0 fully saturated rings. The number of benzene rings is 2. The second-order valence-electron chi connectivity index (χ2n) is 4.19. The summed E-state index contributed by atoms with van der Waals surface area (Å²) in [5.74, 6) is 12.8. The third-order valence-electron chi connectivity index (χ3n) is 2.68. The number of hydrogen-bond donors (Lipinski definition) is 0. The summed E-state index contributed by atoms with van der Waals surface area (Å²) in [5.41, 5.74) is 1.93. The molecular formula is C19H16O2. The second-order valence-corrected chi connectivity index (χ2v) is 4.19. The Morgan fingerprint density at radius 3 is 1.90 bits per heavy atom. The molecule has 0 atom stereocenters. The molecule has 0 aromatic heterocycles. The van der Waals surface area contributed by atoms with Gasteiger partial charge in [-0.25, -0.2) is 0 Å². The van der Waals surface area contributed by atoms with Crippen molar-refractivity contribution in [3.8, 4) is 29.4 Å². The number of methoxy groups -OCH3 is 1. The van der Waals surface area contributed by atoms with Crippen LogP contribution in [0.15, 0.2) is 54.6 Å². The zero-order valence-electron chi connectivity index (χ0n) is 11.9. The van der Waals surface area contributed by atoms with E-state index in [0.29, 0.717) is 13.2 Å². The molecule has 104 valence electrons. The Hall–Kier alpha value is -2.68. The molecule has 0 aliphatic rings. The lowest BCUT2D eigenvalue weighted by Crippen LogP contribution is -1.91. The van der Waals surface area contributed by atoms with Gasteiger partial charge in [-0.3, -0.25) is 0 Å². The van der Waals surface area contributed by atoms with Crippen LogP contribution in [-0.2, 0) is 4.74 Å². The molecule has 0 radical (unpaired) electrons. The van der Waals surface area contributed by atoms with Gasteiger partial charge in [-0.05, 0) is 36.4 Å². The average molecular weight is 276 g/mol. The Balaban J connectivity index is 1.73. The monoisotopic (exact) mass is 276 g/mol. The molecule has 0 aliphatic carbocycles. The van der Waals surface area contributed by atoms with Gasteiger partial charge in [-0.15, -0.1) is 0 Å². The first kappa shape index (κ1) is 14.7. The molecule has 0 saturated heterocycles. The summed E-state index contributed by atoms with van der Waals surface area (Å²) in [6.07, 6.45) is 0. The minimum Gasteiger partial charge on any atom is -0.497 e. The predicted octanol–water partition coefficient (Wildman–Crippen LogP) is 3.12. The highest BCUT2D eigenvalue weighted by atomic mass is 16.5. The van der Waals surface area contributed by atoms with E-state index in [4.69, 9.17) is 9.47 Å². The zero-order valence-corrected chi connectivity index (χ0v) is 11.9. The molecule has 0 bridgehead atoms. The van der Waals surface area contributed by atoms with Crippen LogP contribution in [0.5, 0.6) is 5.75 Å². The molecule has 2 rings (SSSR count). The minimum atomic E-state index is 0.371. The Kier molecular flexibility index (Phi) is 5.95. The van der Waals surface area contributed by atoms with Crippen LogP contribution in [0.3, 0.4) is 0 Å². The fraction of sp³-hybridized carbons (Fsp3) is 0.158. The van der Waals surface area contributed by atoms with E-state index in [1.54, 1.807) is 7.11 Å². The van der Waals surface area contributed by atoms with Crippen LogP contribution >= 0.6 is 0 Å². The van der Waals surface area contributed by atoms with Crippen LogP contribution in [0.25, 0.3) is 0 Å². The summed E-state index contributed by atoms with van der Waals surface area (Å²) in [5, 5.41) is 0. The highest BCUT2D eigenvalue weighted by Gasteiger charge is 1.89. The molecule has 0 aliphatic heterocycles. The maximum absolute atomic E-state index is 5.35. The molecule has 0 heterocycles. The van der Waals surface area contributed by atoms with Gasteiger partial charge in [0.25, 0.3) is 0 Å². The number of ether oxygens (including phenoxy) is 2. The maximum atomic E-state index is 5.35. The van der Waals surface area contributed by atoms with Gasteiger partial charge in [0.15, 0.2) is 0 Å². The normalized spacial score (nSPS) is 9.00. The van der Waals surface area contributed by atoms with E-state index in [1.807, 2.05) is 54.6 Å². The second kappa shape index (κ2) is 8.48. The van der Waals surface area contributed by atoms with Crippen molar-refractivity contribution in [1.29, 1.82) is 0 Å². The summed E-state index contributed by atoms with van der Waals surface area (Å²) in [6.45, 7) is 0.752. The van der Waals surface area contributed by atoms with Crippen LogP contribution in [0.4, 0.5) is 0 Å². The topological polar surface area (TPSA) is 18.5 Å². The molecule has 0 N–H and O–H groups in total. The van der Waals surface area contributed by atoms with Crippen molar-refractivity contribution in [2.75, 3.05) is 20.3 Å². The Morgan fingerprint density at radius 1 is 0.762 bits per heavy atom. The van der Waals surface area contributed by atoms with Gasteiger partial charge < -0.3 is 9.47 Å². The fourth-order valence-electron chi connectivity index (χ4n) is 1.63. The Bertz CT molecular complexity index is 665. The fourth-order valence-corrected chi connectivity index (χ4v) is 1.63. The molecule has 2 nitrogen and oxygen atoms in total. The first-order valence-corrected chi connectivity index (χ1v) is 6.63. The van der Waals surface area contributed by atoms with Gasteiger partial charge in [-0.1, -0.05) is 41.9 Å². The molecule has 2 heteroatoms. The van der Waals surface area contributed by atoms with Crippen LogP contribution in [0, 0.1) is 23.7 Å². The van der Waals surface area contributed by atoms with Crippen LogP contribution in [-0.4, -0.2) is 20.3 Å². The van der Waals surface area contributed by atoms with E-state index < -0.39 is 0 Å². The van der Waals surface area contributed by atoms with Crippen LogP contribution in [0.1, 0.15) is 11.1 Å².